The van der Waals surface area contributed by atoms with Gasteiger partial charge in [-0.25, -0.2) is 0 Å². The third-order valence-electron chi connectivity index (χ3n) is 4.77. The van der Waals surface area contributed by atoms with E-state index in [1.165, 1.54) is 33.6 Å². The molecule has 7 nitrogen and oxygen atoms in total. The zero-order chi connectivity index (χ0) is 21.1. The topological polar surface area (TPSA) is 87.2 Å². The Morgan fingerprint density at radius 3 is 2.90 bits per heavy atom. The molecule has 0 saturated carbocycles. The summed E-state index contributed by atoms with van der Waals surface area (Å²) >= 11 is 2.74. The lowest BCUT2D eigenvalue weighted by Crippen LogP contribution is -2.43. The van der Waals surface area contributed by atoms with Crippen molar-refractivity contribution in [3.63, 3.8) is 0 Å². The molecule has 2 aromatic carbocycles. The maximum Gasteiger partial charge on any atom is 0.244 e. The average molecular weight is 440 g/mol. The number of hydrogen-bond donors (Lipinski definition) is 2. The van der Waals surface area contributed by atoms with E-state index in [9.17, 15) is 9.59 Å². The van der Waals surface area contributed by atoms with E-state index >= 15 is 0 Å². The Labute approximate surface area is 182 Å². The van der Waals surface area contributed by atoms with Gasteiger partial charge in [-0.2, -0.15) is 0 Å². The van der Waals surface area contributed by atoms with Crippen molar-refractivity contribution < 1.29 is 9.59 Å². The van der Waals surface area contributed by atoms with Gasteiger partial charge in [0.2, 0.25) is 16.9 Å². The van der Waals surface area contributed by atoms with Crippen LogP contribution < -0.4 is 15.5 Å². The summed E-state index contributed by atoms with van der Waals surface area (Å²) in [5.41, 5.74) is 4.79. The number of nitrogens with zero attached hydrogens (tertiary/aromatic N) is 3. The van der Waals surface area contributed by atoms with Crippen LogP contribution in [0.3, 0.4) is 0 Å². The Bertz CT molecular complexity index is 1100. The lowest BCUT2D eigenvalue weighted by Gasteiger charge is -2.28. The Morgan fingerprint density at radius 2 is 2.07 bits per heavy atom. The minimum Gasteiger partial charge on any atom is -0.330 e. The number of rotatable bonds is 6. The van der Waals surface area contributed by atoms with Gasteiger partial charge in [0, 0.05) is 5.69 Å². The van der Waals surface area contributed by atoms with Crippen LogP contribution in [-0.2, 0) is 16.0 Å². The van der Waals surface area contributed by atoms with Gasteiger partial charge in [-0.1, -0.05) is 60.4 Å². The first-order chi connectivity index (χ1) is 14.5. The van der Waals surface area contributed by atoms with E-state index in [0.29, 0.717) is 20.8 Å². The summed E-state index contributed by atoms with van der Waals surface area (Å²) in [5, 5.41) is 15.3. The van der Waals surface area contributed by atoms with Crippen LogP contribution >= 0.6 is 23.1 Å². The second-order valence-corrected chi connectivity index (χ2v) is 8.99. The van der Waals surface area contributed by atoms with Crippen molar-refractivity contribution in [2.24, 2.45) is 0 Å². The summed E-state index contributed by atoms with van der Waals surface area (Å²) in [4.78, 5) is 26.2. The van der Waals surface area contributed by atoms with Crippen LogP contribution in [0.2, 0.25) is 0 Å². The molecule has 0 fully saturated rings. The third-order valence-corrected chi connectivity index (χ3v) is 6.73. The van der Waals surface area contributed by atoms with Crippen LogP contribution in [0.1, 0.15) is 18.1 Å². The molecule has 3 aromatic rings. The Balaban J connectivity index is 1.42. The van der Waals surface area contributed by atoms with Crippen molar-refractivity contribution in [3.8, 4) is 0 Å². The van der Waals surface area contributed by atoms with E-state index < -0.39 is 0 Å². The van der Waals surface area contributed by atoms with Crippen LogP contribution in [-0.4, -0.2) is 34.3 Å². The van der Waals surface area contributed by atoms with Gasteiger partial charge in [0.1, 0.15) is 6.54 Å². The summed E-state index contributed by atoms with van der Waals surface area (Å²) in [6.45, 7) is 4.20. The quantitative estimate of drug-likeness (QED) is 0.559. The molecule has 154 valence electrons. The van der Waals surface area contributed by atoms with Gasteiger partial charge in [0.05, 0.1) is 17.1 Å². The van der Waals surface area contributed by atoms with Crippen molar-refractivity contribution in [1.82, 2.24) is 10.2 Å². The molecular weight excluding hydrogens is 418 g/mol. The summed E-state index contributed by atoms with van der Waals surface area (Å²) in [6.07, 6.45) is 0.920. The lowest BCUT2D eigenvalue weighted by molar-refractivity contribution is -0.120. The van der Waals surface area contributed by atoms with E-state index in [1.807, 2.05) is 24.3 Å². The maximum absolute atomic E-state index is 12.8. The number of fused-ring (bicyclic) bond motifs is 1. The largest absolute Gasteiger partial charge is 0.330 e. The fourth-order valence-corrected chi connectivity index (χ4v) is 4.92. The fraction of sp³-hybridized carbons (Fsp3) is 0.238. The van der Waals surface area contributed by atoms with Gasteiger partial charge in [0.15, 0.2) is 4.34 Å². The highest BCUT2D eigenvalue weighted by Gasteiger charge is 2.26. The number of carbonyl (C=O) groups is 2. The summed E-state index contributed by atoms with van der Waals surface area (Å²) in [5.74, 6) is -0.153. The van der Waals surface area contributed by atoms with E-state index in [2.05, 4.69) is 46.8 Å². The molecular formula is C21H21N5O2S2. The fourth-order valence-electron chi connectivity index (χ4n) is 3.28. The maximum atomic E-state index is 12.8. The number of para-hydroxylation sites is 3. The minimum atomic E-state index is -0.195. The van der Waals surface area contributed by atoms with E-state index in [0.717, 1.165) is 17.7 Å². The number of benzene rings is 2. The van der Waals surface area contributed by atoms with Crippen molar-refractivity contribution in [2.45, 2.75) is 24.6 Å². The minimum absolute atomic E-state index is 0.0202. The Hall–Kier alpha value is -2.91. The van der Waals surface area contributed by atoms with Crippen LogP contribution in [0.4, 0.5) is 22.2 Å². The molecule has 0 unspecified atom stereocenters. The molecule has 0 saturated heterocycles. The van der Waals surface area contributed by atoms with Gasteiger partial charge in [-0.15, -0.1) is 10.2 Å². The molecule has 1 aromatic heterocycles. The third kappa shape index (κ3) is 4.31. The van der Waals surface area contributed by atoms with Crippen LogP contribution in [0, 0.1) is 6.92 Å². The zero-order valence-corrected chi connectivity index (χ0v) is 18.3. The second kappa shape index (κ2) is 8.85. The predicted molar refractivity (Wildman–Crippen MR) is 122 cm³/mol. The van der Waals surface area contributed by atoms with Gasteiger partial charge < -0.3 is 15.5 Å². The van der Waals surface area contributed by atoms with Crippen molar-refractivity contribution >= 4 is 57.1 Å². The number of amides is 2. The molecule has 1 aliphatic rings. The second-order valence-electron chi connectivity index (χ2n) is 6.79. The molecule has 2 heterocycles. The molecule has 1 aliphatic heterocycles. The molecule has 4 rings (SSSR count). The first-order valence-electron chi connectivity index (χ1n) is 9.56. The first-order valence-corrected chi connectivity index (χ1v) is 11.4. The summed E-state index contributed by atoms with van der Waals surface area (Å²) in [6, 6.07) is 13.5. The molecule has 30 heavy (non-hydrogen) atoms. The highest BCUT2D eigenvalue weighted by atomic mass is 32.2. The number of hydrogen-bond acceptors (Lipinski definition) is 7. The van der Waals surface area contributed by atoms with Gasteiger partial charge in [-0.3, -0.25) is 9.59 Å². The number of aryl methyl sites for hydroxylation is 2. The number of thioether (sulfide) groups is 1. The van der Waals surface area contributed by atoms with Crippen LogP contribution in [0.25, 0.3) is 0 Å². The van der Waals surface area contributed by atoms with Gasteiger partial charge in [-0.05, 0) is 36.6 Å². The van der Waals surface area contributed by atoms with E-state index in [4.69, 9.17) is 0 Å². The monoisotopic (exact) mass is 439 g/mol. The Kier molecular flexibility index (Phi) is 6.01. The highest BCUT2D eigenvalue weighted by Crippen LogP contribution is 2.32. The van der Waals surface area contributed by atoms with Crippen LogP contribution in [0.15, 0.2) is 46.8 Å². The molecule has 0 radical (unpaired) electrons. The van der Waals surface area contributed by atoms with Crippen molar-refractivity contribution in [2.75, 3.05) is 27.8 Å². The number of nitrogens with one attached hydrogen (secondary N) is 2. The number of aromatic nitrogens is 2. The first kappa shape index (κ1) is 20.4. The summed E-state index contributed by atoms with van der Waals surface area (Å²) < 4.78 is 0.701. The van der Waals surface area contributed by atoms with Gasteiger partial charge >= 0.3 is 0 Å². The molecule has 2 amide bonds. The molecule has 0 atom stereocenters. The number of anilines is 4. The molecule has 2 N–H and O–H groups in total. The lowest BCUT2D eigenvalue weighted by atomic mass is 10.1. The average Bonchev–Trinajstić information content (AvgIpc) is 3.20. The Morgan fingerprint density at radius 1 is 1.23 bits per heavy atom. The SMILES string of the molecule is CCc1cccc(C)c1Nc1nnc(SCC(=O)N2CC(=O)Nc3ccccc32)s1. The molecule has 0 bridgehead atoms. The molecule has 0 spiro atoms. The summed E-state index contributed by atoms with van der Waals surface area (Å²) in [7, 11) is 0. The van der Waals surface area contributed by atoms with E-state index in [-0.39, 0.29) is 24.1 Å². The molecule has 0 aliphatic carbocycles. The highest BCUT2D eigenvalue weighted by molar-refractivity contribution is 8.01. The van der Waals surface area contributed by atoms with E-state index in [1.54, 1.807) is 6.07 Å². The molecule has 9 heteroatoms. The van der Waals surface area contributed by atoms with Crippen molar-refractivity contribution in [3.05, 3.63) is 53.6 Å². The van der Waals surface area contributed by atoms with Crippen molar-refractivity contribution in [1.29, 1.82) is 0 Å². The number of carbonyl (C=O) groups excluding carboxylic acids is 2. The van der Waals surface area contributed by atoms with Crippen LogP contribution in [0.5, 0.6) is 0 Å². The van der Waals surface area contributed by atoms with Gasteiger partial charge in [0.25, 0.3) is 0 Å². The zero-order valence-electron chi connectivity index (χ0n) is 16.6. The smallest absolute Gasteiger partial charge is 0.244 e. The predicted octanol–water partition coefficient (Wildman–Crippen LogP) is 4.23. The normalized spacial score (nSPS) is 13.0. The standard InChI is InChI=1S/C21H21N5O2S2/c1-3-14-8-6-7-13(2)19(14)23-20-24-25-21(30-20)29-12-18(28)26-11-17(27)22-15-9-4-5-10-16(15)26/h4-10H,3,11-12H2,1-2H3,(H,22,27)(H,23,24).